The van der Waals surface area contributed by atoms with Gasteiger partial charge in [-0.05, 0) is 34.4 Å². The van der Waals surface area contributed by atoms with E-state index in [1.807, 2.05) is 36.4 Å². The minimum Gasteiger partial charge on any atom is -0.480 e. The first kappa shape index (κ1) is 20.3. The molecule has 3 rings (SSSR count). The van der Waals surface area contributed by atoms with Gasteiger partial charge in [0.2, 0.25) is 0 Å². The minimum atomic E-state index is -1.04. The highest BCUT2D eigenvalue weighted by Gasteiger charge is 2.29. The van der Waals surface area contributed by atoms with E-state index >= 15 is 0 Å². The number of unbranched alkanes of at least 4 members (excludes halogenated alkanes) is 1. The fourth-order valence-electron chi connectivity index (χ4n) is 3.40. The molecule has 0 unspecified atom stereocenters. The average Bonchev–Trinajstić information content (AvgIpc) is 3.02. The zero-order chi connectivity index (χ0) is 19.9. The molecule has 0 aliphatic heterocycles. The number of nitrogens with one attached hydrogen (secondary N) is 1. The maximum Gasteiger partial charge on any atom is 0.407 e. The van der Waals surface area contributed by atoms with Crippen molar-refractivity contribution in [2.45, 2.75) is 31.7 Å². The van der Waals surface area contributed by atoms with Crippen molar-refractivity contribution in [3.63, 3.8) is 0 Å². The Bertz CT molecular complexity index is 793. The fraction of sp³-hybridized carbons (Fsp3) is 0.364. The summed E-state index contributed by atoms with van der Waals surface area (Å²) in [6, 6.07) is 15.2. The SMILES string of the molecule is CCCCSC[C@@H](NC(=O)OCC1c2ccccc2-c2ccccc21)C(=O)O. The van der Waals surface area contributed by atoms with Crippen LogP contribution in [0, 0.1) is 0 Å². The van der Waals surface area contributed by atoms with E-state index in [-0.39, 0.29) is 12.5 Å². The Hall–Kier alpha value is -2.47. The van der Waals surface area contributed by atoms with E-state index in [0.717, 1.165) is 40.8 Å². The molecule has 0 bridgehead atoms. The van der Waals surface area contributed by atoms with E-state index in [4.69, 9.17) is 4.74 Å². The van der Waals surface area contributed by atoms with Crippen molar-refractivity contribution < 1.29 is 19.4 Å². The van der Waals surface area contributed by atoms with Crippen LogP contribution in [0.1, 0.15) is 36.8 Å². The van der Waals surface area contributed by atoms with Crippen LogP contribution in [0.5, 0.6) is 0 Å². The van der Waals surface area contributed by atoms with Crippen LogP contribution in [0.2, 0.25) is 0 Å². The minimum absolute atomic E-state index is 0.0413. The molecule has 28 heavy (non-hydrogen) atoms. The van der Waals surface area contributed by atoms with Crippen molar-refractivity contribution >= 4 is 23.8 Å². The molecule has 148 valence electrons. The lowest BCUT2D eigenvalue weighted by atomic mass is 9.98. The summed E-state index contributed by atoms with van der Waals surface area (Å²) >= 11 is 1.53. The largest absolute Gasteiger partial charge is 0.480 e. The number of carbonyl (C=O) groups excluding carboxylic acids is 1. The number of thioether (sulfide) groups is 1. The molecule has 0 spiro atoms. The van der Waals surface area contributed by atoms with Gasteiger partial charge in [-0.25, -0.2) is 9.59 Å². The number of alkyl carbamates (subject to hydrolysis) is 1. The highest BCUT2D eigenvalue weighted by Crippen LogP contribution is 2.44. The molecule has 0 fully saturated rings. The molecule has 0 heterocycles. The number of ether oxygens (including phenoxy) is 1. The second-order valence-electron chi connectivity index (χ2n) is 6.79. The summed E-state index contributed by atoms with van der Waals surface area (Å²) in [6.07, 6.45) is 1.40. The van der Waals surface area contributed by atoms with Gasteiger partial charge in [0.1, 0.15) is 12.6 Å². The number of aliphatic carboxylic acids is 1. The van der Waals surface area contributed by atoms with Crippen molar-refractivity contribution in [1.29, 1.82) is 0 Å². The Morgan fingerprint density at radius 2 is 1.71 bits per heavy atom. The lowest BCUT2D eigenvalue weighted by Gasteiger charge is -2.17. The van der Waals surface area contributed by atoms with Crippen molar-refractivity contribution in [3.05, 3.63) is 59.7 Å². The van der Waals surface area contributed by atoms with Gasteiger partial charge in [-0.2, -0.15) is 11.8 Å². The molecular weight excluding hydrogens is 374 g/mol. The lowest BCUT2D eigenvalue weighted by Crippen LogP contribution is -2.43. The molecule has 1 aliphatic rings. The summed E-state index contributed by atoms with van der Waals surface area (Å²) in [6.45, 7) is 2.26. The third kappa shape index (κ3) is 4.68. The quantitative estimate of drug-likeness (QED) is 0.607. The number of rotatable bonds is 9. The molecule has 1 atom stereocenters. The van der Waals surface area contributed by atoms with Crippen molar-refractivity contribution in [3.8, 4) is 11.1 Å². The monoisotopic (exact) mass is 399 g/mol. The molecule has 2 aromatic rings. The Balaban J connectivity index is 1.60. The molecule has 0 saturated heterocycles. The Labute approximate surface area is 169 Å². The lowest BCUT2D eigenvalue weighted by molar-refractivity contribution is -0.138. The van der Waals surface area contributed by atoms with E-state index in [9.17, 15) is 14.7 Å². The van der Waals surface area contributed by atoms with Gasteiger partial charge in [0.05, 0.1) is 0 Å². The summed E-state index contributed by atoms with van der Waals surface area (Å²) in [5.41, 5.74) is 4.56. The van der Waals surface area contributed by atoms with Gasteiger partial charge in [-0.15, -0.1) is 0 Å². The van der Waals surface area contributed by atoms with Crippen LogP contribution in [0.3, 0.4) is 0 Å². The molecule has 0 radical (unpaired) electrons. The van der Waals surface area contributed by atoms with E-state index < -0.39 is 18.1 Å². The first-order valence-electron chi connectivity index (χ1n) is 9.54. The Kier molecular flexibility index (Phi) is 6.98. The number of hydrogen-bond donors (Lipinski definition) is 2. The molecular formula is C22H25NO4S. The van der Waals surface area contributed by atoms with Crippen molar-refractivity contribution in [2.24, 2.45) is 0 Å². The van der Waals surface area contributed by atoms with Crippen molar-refractivity contribution in [1.82, 2.24) is 5.32 Å². The summed E-state index contributed by atoms with van der Waals surface area (Å²) in [5.74, 6) is 0.129. The fourth-order valence-corrected chi connectivity index (χ4v) is 4.53. The average molecular weight is 400 g/mol. The standard InChI is InChI=1S/C22H25NO4S/c1-2-3-12-28-14-20(21(24)25)23-22(26)27-13-19-17-10-6-4-8-15(17)16-9-5-7-11-18(16)19/h4-11,19-20H,2-3,12-14H2,1H3,(H,23,26)(H,24,25)/t20-/m1/s1. The first-order chi connectivity index (χ1) is 13.6. The normalized spacial score (nSPS) is 13.5. The molecule has 0 saturated carbocycles. The number of hydrogen-bond acceptors (Lipinski definition) is 4. The van der Waals surface area contributed by atoms with E-state index in [2.05, 4.69) is 24.4 Å². The third-order valence-corrected chi connectivity index (χ3v) is 6.01. The second-order valence-corrected chi connectivity index (χ2v) is 7.94. The summed E-state index contributed by atoms with van der Waals surface area (Å²) in [7, 11) is 0. The van der Waals surface area contributed by atoms with Gasteiger partial charge in [-0.1, -0.05) is 61.9 Å². The number of amides is 1. The van der Waals surface area contributed by atoms with Crippen LogP contribution < -0.4 is 5.32 Å². The van der Waals surface area contributed by atoms with Gasteiger partial charge in [0.25, 0.3) is 0 Å². The van der Waals surface area contributed by atoms with E-state index in [1.165, 1.54) is 11.8 Å². The number of fused-ring (bicyclic) bond motifs is 3. The molecule has 5 nitrogen and oxygen atoms in total. The van der Waals surface area contributed by atoms with E-state index in [0.29, 0.717) is 5.75 Å². The van der Waals surface area contributed by atoms with Crippen LogP contribution in [0.15, 0.2) is 48.5 Å². The van der Waals surface area contributed by atoms with Crippen LogP contribution in [-0.2, 0) is 9.53 Å². The van der Waals surface area contributed by atoms with Gasteiger partial charge in [-0.3, -0.25) is 0 Å². The predicted octanol–water partition coefficient (Wildman–Crippen LogP) is 4.51. The molecule has 2 aromatic carbocycles. The second kappa shape index (κ2) is 9.64. The predicted molar refractivity (Wildman–Crippen MR) is 112 cm³/mol. The number of benzene rings is 2. The maximum atomic E-state index is 12.2. The zero-order valence-electron chi connectivity index (χ0n) is 15.9. The van der Waals surface area contributed by atoms with Gasteiger partial charge in [0.15, 0.2) is 0 Å². The van der Waals surface area contributed by atoms with E-state index in [1.54, 1.807) is 0 Å². The highest BCUT2D eigenvalue weighted by atomic mass is 32.2. The van der Waals surface area contributed by atoms with Crippen LogP contribution in [-0.4, -0.2) is 41.3 Å². The van der Waals surface area contributed by atoms with Crippen LogP contribution >= 0.6 is 11.8 Å². The molecule has 6 heteroatoms. The van der Waals surface area contributed by atoms with Gasteiger partial charge in [0, 0.05) is 11.7 Å². The Morgan fingerprint density at radius 3 is 2.29 bits per heavy atom. The smallest absolute Gasteiger partial charge is 0.407 e. The third-order valence-electron chi connectivity index (χ3n) is 4.86. The van der Waals surface area contributed by atoms with Crippen molar-refractivity contribution in [2.75, 3.05) is 18.1 Å². The van der Waals surface area contributed by atoms with Crippen LogP contribution in [0.25, 0.3) is 11.1 Å². The van der Waals surface area contributed by atoms with Gasteiger partial charge < -0.3 is 15.2 Å². The maximum absolute atomic E-state index is 12.2. The number of carboxylic acid groups (broad SMARTS) is 1. The van der Waals surface area contributed by atoms with Crippen LogP contribution in [0.4, 0.5) is 4.79 Å². The van der Waals surface area contributed by atoms with Gasteiger partial charge >= 0.3 is 12.1 Å². The summed E-state index contributed by atoms with van der Waals surface area (Å²) < 4.78 is 5.43. The Morgan fingerprint density at radius 1 is 1.11 bits per heavy atom. The number of carboxylic acids is 1. The molecule has 0 aromatic heterocycles. The molecule has 1 aliphatic carbocycles. The summed E-state index contributed by atoms with van der Waals surface area (Å²) in [5, 5.41) is 11.8. The zero-order valence-corrected chi connectivity index (χ0v) is 16.7. The topological polar surface area (TPSA) is 75.6 Å². The summed E-state index contributed by atoms with van der Waals surface area (Å²) in [4.78, 5) is 23.6. The highest BCUT2D eigenvalue weighted by molar-refractivity contribution is 7.99. The molecule has 1 amide bonds. The molecule has 2 N–H and O–H groups in total. The first-order valence-corrected chi connectivity index (χ1v) is 10.7. The number of carbonyl (C=O) groups is 2.